The second-order valence-corrected chi connectivity index (χ2v) is 13.5. The van der Waals surface area contributed by atoms with E-state index in [0.29, 0.717) is 10.9 Å². The van der Waals surface area contributed by atoms with Crippen molar-refractivity contribution in [3.63, 3.8) is 0 Å². The standard InChI is InChI=1S/C30H34F5N7O3S/c1-18-24-15-36-28(37-21-8-10-22(11-9-21)40(2)3)38-27(24)41(17-30(33,34)35)29(43)42(18)23-12-13-26(25(32)14-23)39-46(44,45)16-19-4-6-20(31)7-5-19/h4-7,12-15,18,21-22,39H,8-11,16-17H2,1-3H3,(H,36,37,38). The Kier molecular flexibility index (Phi) is 9.40. The Hall–Kier alpha value is -4.05. The second kappa shape index (κ2) is 13.0. The maximum atomic E-state index is 15.2. The monoisotopic (exact) mass is 667 g/mol. The number of anilines is 4. The number of hydrogen-bond donors (Lipinski definition) is 2. The van der Waals surface area contributed by atoms with E-state index in [1.165, 1.54) is 24.4 Å². The average Bonchev–Trinajstić information content (AvgIpc) is 2.97. The minimum atomic E-state index is -4.78. The first-order valence-electron chi connectivity index (χ1n) is 14.6. The van der Waals surface area contributed by atoms with Crippen LogP contribution < -0.4 is 19.8 Å². The third-order valence-electron chi connectivity index (χ3n) is 8.19. The number of rotatable bonds is 9. The SMILES string of the molecule is CC1c2cnc(NC3CCC(N(C)C)CC3)nc2N(CC(F)(F)F)C(=O)N1c1ccc(NS(=O)(=O)Cc2ccc(F)cc2)c(F)c1. The highest BCUT2D eigenvalue weighted by atomic mass is 32.2. The molecule has 0 saturated heterocycles. The molecule has 1 fully saturated rings. The number of fused-ring (bicyclic) bond motifs is 1. The van der Waals surface area contributed by atoms with Crippen molar-refractivity contribution in [2.45, 2.75) is 62.7 Å². The first-order chi connectivity index (χ1) is 21.6. The Balaban J connectivity index is 1.39. The first kappa shape index (κ1) is 33.3. The molecule has 1 aliphatic carbocycles. The molecule has 2 aliphatic rings. The van der Waals surface area contributed by atoms with Gasteiger partial charge in [0.2, 0.25) is 16.0 Å². The Bertz CT molecular complexity index is 1680. The summed E-state index contributed by atoms with van der Waals surface area (Å²) in [4.78, 5) is 25.9. The van der Waals surface area contributed by atoms with E-state index in [9.17, 15) is 30.8 Å². The number of carbonyl (C=O) groups is 1. The maximum Gasteiger partial charge on any atom is 0.406 e. The minimum Gasteiger partial charge on any atom is -0.351 e. The number of nitrogens with one attached hydrogen (secondary N) is 2. The summed E-state index contributed by atoms with van der Waals surface area (Å²) in [5.41, 5.74) is -0.0575. The van der Waals surface area contributed by atoms with Crippen LogP contribution in [0.15, 0.2) is 48.7 Å². The molecular weight excluding hydrogens is 633 g/mol. The molecule has 2 amide bonds. The van der Waals surface area contributed by atoms with E-state index in [-0.39, 0.29) is 34.6 Å². The summed E-state index contributed by atoms with van der Waals surface area (Å²) in [6.07, 6.45) is 0.0972. The van der Waals surface area contributed by atoms with Crippen LogP contribution in [0, 0.1) is 11.6 Å². The quantitative estimate of drug-likeness (QED) is 0.268. The van der Waals surface area contributed by atoms with Gasteiger partial charge in [-0.2, -0.15) is 18.2 Å². The summed E-state index contributed by atoms with van der Waals surface area (Å²) in [5.74, 6) is -2.26. The molecule has 2 N–H and O–H groups in total. The van der Waals surface area contributed by atoms with Gasteiger partial charge in [-0.3, -0.25) is 14.5 Å². The van der Waals surface area contributed by atoms with Crippen LogP contribution in [0.25, 0.3) is 0 Å². The van der Waals surface area contributed by atoms with Crippen LogP contribution >= 0.6 is 0 Å². The second-order valence-electron chi connectivity index (χ2n) is 11.8. The Morgan fingerprint density at radius 1 is 1.02 bits per heavy atom. The van der Waals surface area contributed by atoms with Crippen LogP contribution in [0.5, 0.6) is 0 Å². The van der Waals surface area contributed by atoms with Crippen LogP contribution in [-0.4, -0.2) is 68.2 Å². The lowest BCUT2D eigenvalue weighted by atomic mass is 9.90. The number of nitrogens with zero attached hydrogens (tertiary/aromatic N) is 5. The fraction of sp³-hybridized carbons (Fsp3) is 0.433. The third-order valence-corrected chi connectivity index (χ3v) is 9.43. The highest BCUT2D eigenvalue weighted by molar-refractivity contribution is 7.91. The molecule has 0 radical (unpaired) electrons. The predicted octanol–water partition coefficient (Wildman–Crippen LogP) is 6.05. The van der Waals surface area contributed by atoms with Crippen molar-refractivity contribution in [1.29, 1.82) is 0 Å². The van der Waals surface area contributed by atoms with Gasteiger partial charge in [-0.25, -0.2) is 27.0 Å². The van der Waals surface area contributed by atoms with Gasteiger partial charge in [-0.05, 0) is 82.6 Å². The van der Waals surface area contributed by atoms with Gasteiger partial charge in [0.1, 0.15) is 24.0 Å². The van der Waals surface area contributed by atoms with Crippen molar-refractivity contribution in [3.8, 4) is 0 Å². The molecule has 5 rings (SSSR count). The van der Waals surface area contributed by atoms with Crippen LogP contribution in [0.3, 0.4) is 0 Å². The van der Waals surface area contributed by atoms with Crippen molar-refractivity contribution in [3.05, 3.63) is 71.4 Å². The molecule has 248 valence electrons. The first-order valence-corrected chi connectivity index (χ1v) is 16.3. The number of aromatic nitrogens is 2. The number of amides is 2. The van der Waals surface area contributed by atoms with Crippen LogP contribution in [0.2, 0.25) is 0 Å². The molecule has 46 heavy (non-hydrogen) atoms. The Morgan fingerprint density at radius 3 is 2.30 bits per heavy atom. The Labute approximate surface area is 263 Å². The number of sulfonamides is 1. The highest BCUT2D eigenvalue weighted by Crippen LogP contribution is 2.40. The molecule has 1 atom stereocenters. The van der Waals surface area contributed by atoms with Gasteiger partial charge in [-0.15, -0.1) is 0 Å². The lowest BCUT2D eigenvalue weighted by Crippen LogP contribution is -2.52. The van der Waals surface area contributed by atoms with Gasteiger partial charge in [0.05, 0.1) is 17.5 Å². The molecular formula is C30H34F5N7O3S. The van der Waals surface area contributed by atoms with Crippen molar-refractivity contribution < 1.29 is 35.2 Å². The van der Waals surface area contributed by atoms with E-state index in [2.05, 4.69) is 24.9 Å². The molecule has 2 heterocycles. The molecule has 10 nitrogen and oxygen atoms in total. The van der Waals surface area contributed by atoms with Crippen LogP contribution in [0.1, 0.15) is 49.8 Å². The largest absolute Gasteiger partial charge is 0.406 e. The number of urea groups is 1. The summed E-state index contributed by atoms with van der Waals surface area (Å²) in [5, 5.41) is 3.20. The fourth-order valence-electron chi connectivity index (χ4n) is 5.80. The smallest absolute Gasteiger partial charge is 0.351 e. The zero-order chi connectivity index (χ0) is 33.4. The van der Waals surface area contributed by atoms with Gasteiger partial charge in [0, 0.05) is 29.5 Å². The van der Waals surface area contributed by atoms with E-state index in [0.717, 1.165) is 54.8 Å². The van der Waals surface area contributed by atoms with Gasteiger partial charge in [-0.1, -0.05) is 12.1 Å². The lowest BCUT2D eigenvalue weighted by Gasteiger charge is -2.40. The molecule has 3 aromatic rings. The summed E-state index contributed by atoms with van der Waals surface area (Å²) < 4.78 is 97.0. The summed E-state index contributed by atoms with van der Waals surface area (Å²) >= 11 is 0. The molecule has 1 unspecified atom stereocenters. The van der Waals surface area contributed by atoms with E-state index in [1.54, 1.807) is 6.92 Å². The van der Waals surface area contributed by atoms with Gasteiger partial charge >= 0.3 is 12.2 Å². The number of alkyl halides is 3. The summed E-state index contributed by atoms with van der Waals surface area (Å²) in [6.45, 7) is -0.0892. The van der Waals surface area contributed by atoms with Crippen molar-refractivity contribution in [1.82, 2.24) is 14.9 Å². The topological polar surface area (TPSA) is 111 Å². The molecule has 1 aliphatic heterocycles. The third kappa shape index (κ3) is 7.66. The maximum absolute atomic E-state index is 15.2. The molecule has 1 saturated carbocycles. The summed E-state index contributed by atoms with van der Waals surface area (Å²) in [6, 6.07) is 6.39. The van der Waals surface area contributed by atoms with Crippen molar-refractivity contribution >= 4 is 39.2 Å². The molecule has 2 aromatic carbocycles. The number of halogens is 5. The molecule has 1 aromatic heterocycles. The zero-order valence-corrected chi connectivity index (χ0v) is 26.2. The number of benzene rings is 2. The van der Waals surface area contributed by atoms with Crippen molar-refractivity contribution in [2.24, 2.45) is 0 Å². The number of hydrogen-bond acceptors (Lipinski definition) is 7. The number of carbonyl (C=O) groups excluding carboxylic acids is 1. The molecule has 0 spiro atoms. The van der Waals surface area contributed by atoms with E-state index >= 15 is 4.39 Å². The van der Waals surface area contributed by atoms with E-state index < -0.39 is 57.9 Å². The van der Waals surface area contributed by atoms with E-state index in [4.69, 9.17) is 0 Å². The van der Waals surface area contributed by atoms with Crippen molar-refractivity contribution in [2.75, 3.05) is 40.5 Å². The average molecular weight is 668 g/mol. The highest BCUT2D eigenvalue weighted by Gasteiger charge is 2.43. The molecule has 0 bridgehead atoms. The summed E-state index contributed by atoms with van der Waals surface area (Å²) in [7, 11) is -0.0883. The van der Waals surface area contributed by atoms with E-state index in [1.807, 2.05) is 14.1 Å². The van der Waals surface area contributed by atoms with Gasteiger partial charge in [0.15, 0.2) is 0 Å². The minimum absolute atomic E-state index is 0.0214. The lowest BCUT2D eigenvalue weighted by molar-refractivity contribution is -0.118. The zero-order valence-electron chi connectivity index (χ0n) is 25.4. The predicted molar refractivity (Wildman–Crippen MR) is 164 cm³/mol. The van der Waals surface area contributed by atoms with Gasteiger partial charge < -0.3 is 10.2 Å². The Morgan fingerprint density at radius 2 is 1.70 bits per heavy atom. The fourth-order valence-corrected chi connectivity index (χ4v) is 7.01. The van der Waals surface area contributed by atoms with Crippen LogP contribution in [0.4, 0.5) is 49.9 Å². The molecule has 16 heteroatoms. The van der Waals surface area contributed by atoms with Crippen LogP contribution in [-0.2, 0) is 15.8 Å². The van der Waals surface area contributed by atoms with Gasteiger partial charge in [0.25, 0.3) is 0 Å². The normalized spacial score (nSPS) is 20.5.